The van der Waals surface area contributed by atoms with Gasteiger partial charge in [-0.2, -0.15) is 0 Å². The average molecular weight is 367 g/mol. The van der Waals surface area contributed by atoms with Gasteiger partial charge < -0.3 is 15.3 Å². The molecule has 0 radical (unpaired) electrons. The number of aliphatic hydroxyl groups is 1. The molecule has 2 fully saturated rings. The fourth-order valence-corrected chi connectivity index (χ4v) is 2.33. The van der Waals surface area contributed by atoms with Gasteiger partial charge in [0.2, 0.25) is 0 Å². The zero-order valence-electron chi connectivity index (χ0n) is 11.3. The zero-order valence-corrected chi connectivity index (χ0v) is 13.6. The lowest BCUT2D eigenvalue weighted by Gasteiger charge is -2.20. The van der Waals surface area contributed by atoms with Gasteiger partial charge in [-0.05, 0) is 32.1 Å². The Labute approximate surface area is 127 Å². The van der Waals surface area contributed by atoms with Crippen LogP contribution in [0.15, 0.2) is 4.99 Å². The number of rotatable bonds is 5. The minimum atomic E-state index is -0.176. The highest BCUT2D eigenvalue weighted by atomic mass is 127. The van der Waals surface area contributed by atoms with Crippen LogP contribution in [0, 0.1) is 5.92 Å². The summed E-state index contributed by atoms with van der Waals surface area (Å²) >= 11 is 0. The van der Waals surface area contributed by atoms with Crippen LogP contribution in [0.4, 0.5) is 0 Å². The minimum Gasteiger partial charge on any atom is -0.391 e. The van der Waals surface area contributed by atoms with Gasteiger partial charge in [-0.15, -0.1) is 24.0 Å². The highest BCUT2D eigenvalue weighted by molar-refractivity contribution is 14.0. The first kappa shape index (κ1) is 16.0. The number of aliphatic imine (C=N–C) groups is 1. The maximum Gasteiger partial charge on any atom is 0.194 e. The SMILES string of the molecule is CCNC(=NCCCC1CC1)N1CC[C@@H](O)C1.I. The van der Waals surface area contributed by atoms with E-state index in [2.05, 4.69) is 22.1 Å². The molecule has 1 heterocycles. The third kappa shape index (κ3) is 5.30. The topological polar surface area (TPSA) is 47.9 Å². The molecule has 2 rings (SSSR count). The van der Waals surface area contributed by atoms with E-state index in [4.69, 9.17) is 0 Å². The number of aliphatic hydroxyl groups excluding tert-OH is 1. The number of nitrogens with one attached hydrogen (secondary N) is 1. The Morgan fingerprint density at radius 3 is 2.72 bits per heavy atom. The van der Waals surface area contributed by atoms with E-state index in [1.807, 2.05) is 0 Å². The second-order valence-corrected chi connectivity index (χ2v) is 5.21. The molecule has 0 aromatic rings. The van der Waals surface area contributed by atoms with Crippen molar-refractivity contribution < 1.29 is 5.11 Å². The highest BCUT2D eigenvalue weighted by Crippen LogP contribution is 2.33. The largest absolute Gasteiger partial charge is 0.391 e. The third-order valence-corrected chi connectivity index (χ3v) is 3.53. The Balaban J connectivity index is 0.00000162. The second kappa shape index (κ2) is 8.19. The molecule has 2 N–H and O–H groups in total. The van der Waals surface area contributed by atoms with Crippen molar-refractivity contribution in [1.82, 2.24) is 10.2 Å². The molecule has 0 bridgehead atoms. The molecule has 18 heavy (non-hydrogen) atoms. The maximum atomic E-state index is 9.54. The van der Waals surface area contributed by atoms with Crippen molar-refractivity contribution in [1.29, 1.82) is 0 Å². The summed E-state index contributed by atoms with van der Waals surface area (Å²) < 4.78 is 0. The standard InChI is InChI=1S/C13H25N3O.HI/c1-2-14-13(16-9-7-12(17)10-16)15-8-3-4-11-5-6-11;/h11-12,17H,2-10H2,1H3,(H,14,15);1H/t12-;/m1./s1. The zero-order chi connectivity index (χ0) is 12.1. The van der Waals surface area contributed by atoms with Gasteiger partial charge in [0.05, 0.1) is 6.10 Å². The number of β-amino-alcohol motifs (C(OH)–C–C–N with tert-alkyl or cyclic N) is 1. The number of guanidine groups is 1. The van der Waals surface area contributed by atoms with Gasteiger partial charge in [-0.1, -0.05) is 12.8 Å². The smallest absolute Gasteiger partial charge is 0.194 e. The lowest BCUT2D eigenvalue weighted by Crippen LogP contribution is -2.40. The molecular formula is C13H26IN3O. The van der Waals surface area contributed by atoms with Crippen LogP contribution in [0.2, 0.25) is 0 Å². The normalized spacial score (nSPS) is 24.0. The van der Waals surface area contributed by atoms with Crippen molar-refractivity contribution in [3.63, 3.8) is 0 Å². The van der Waals surface area contributed by atoms with Crippen molar-refractivity contribution in [3.05, 3.63) is 0 Å². The summed E-state index contributed by atoms with van der Waals surface area (Å²) in [6, 6.07) is 0. The molecule has 5 heteroatoms. The van der Waals surface area contributed by atoms with Crippen LogP contribution in [-0.4, -0.2) is 48.2 Å². The van der Waals surface area contributed by atoms with Crippen LogP contribution in [0.25, 0.3) is 0 Å². The van der Waals surface area contributed by atoms with Crippen LogP contribution in [-0.2, 0) is 0 Å². The Kier molecular flexibility index (Phi) is 7.29. The van der Waals surface area contributed by atoms with Gasteiger partial charge in [0.25, 0.3) is 0 Å². The molecule has 1 saturated heterocycles. The fraction of sp³-hybridized carbons (Fsp3) is 0.923. The summed E-state index contributed by atoms with van der Waals surface area (Å²) in [4.78, 5) is 6.82. The van der Waals surface area contributed by atoms with Crippen LogP contribution >= 0.6 is 24.0 Å². The number of halogens is 1. The van der Waals surface area contributed by atoms with Crippen molar-refractivity contribution >= 4 is 29.9 Å². The molecule has 0 aromatic carbocycles. The first-order valence-electron chi connectivity index (χ1n) is 7.01. The molecule has 1 atom stereocenters. The number of hydrogen-bond acceptors (Lipinski definition) is 2. The lowest BCUT2D eigenvalue weighted by atomic mass is 10.2. The Morgan fingerprint density at radius 1 is 1.39 bits per heavy atom. The Hall–Kier alpha value is -0.0400. The summed E-state index contributed by atoms with van der Waals surface area (Å²) in [5.41, 5.74) is 0. The molecule has 0 unspecified atom stereocenters. The van der Waals surface area contributed by atoms with Gasteiger partial charge >= 0.3 is 0 Å². The molecule has 0 amide bonds. The molecule has 0 aromatic heterocycles. The van der Waals surface area contributed by atoms with E-state index >= 15 is 0 Å². The van der Waals surface area contributed by atoms with Crippen molar-refractivity contribution in [2.75, 3.05) is 26.2 Å². The summed E-state index contributed by atoms with van der Waals surface area (Å²) in [6.07, 6.45) is 6.10. The highest BCUT2D eigenvalue weighted by Gasteiger charge is 2.23. The number of likely N-dealkylation sites (tertiary alicyclic amines) is 1. The number of hydrogen-bond donors (Lipinski definition) is 2. The number of nitrogens with zero attached hydrogens (tertiary/aromatic N) is 2. The third-order valence-electron chi connectivity index (χ3n) is 3.53. The van der Waals surface area contributed by atoms with E-state index in [1.165, 1.54) is 25.7 Å². The van der Waals surface area contributed by atoms with Gasteiger partial charge in [0.1, 0.15) is 0 Å². The Morgan fingerprint density at radius 2 is 2.17 bits per heavy atom. The van der Waals surface area contributed by atoms with Crippen molar-refractivity contribution in [3.8, 4) is 0 Å². The van der Waals surface area contributed by atoms with E-state index < -0.39 is 0 Å². The molecule has 1 saturated carbocycles. The summed E-state index contributed by atoms with van der Waals surface area (Å²) in [5.74, 6) is 1.99. The lowest BCUT2D eigenvalue weighted by molar-refractivity contribution is 0.188. The van der Waals surface area contributed by atoms with E-state index in [1.54, 1.807) is 0 Å². The molecule has 1 aliphatic carbocycles. The minimum absolute atomic E-state index is 0. The van der Waals surface area contributed by atoms with Gasteiger partial charge in [0.15, 0.2) is 5.96 Å². The van der Waals surface area contributed by atoms with Crippen LogP contribution in [0.3, 0.4) is 0 Å². The molecule has 4 nitrogen and oxygen atoms in total. The van der Waals surface area contributed by atoms with Crippen molar-refractivity contribution in [2.24, 2.45) is 10.9 Å². The summed E-state index contributed by atoms with van der Waals surface area (Å²) in [7, 11) is 0. The van der Waals surface area contributed by atoms with E-state index in [-0.39, 0.29) is 30.1 Å². The molecule has 1 aliphatic heterocycles. The first-order chi connectivity index (χ1) is 8.29. The predicted octanol–water partition coefficient (Wildman–Crippen LogP) is 1.83. The Bertz CT molecular complexity index is 269. The second-order valence-electron chi connectivity index (χ2n) is 5.21. The van der Waals surface area contributed by atoms with Gasteiger partial charge in [0, 0.05) is 26.2 Å². The van der Waals surface area contributed by atoms with Gasteiger partial charge in [-0.3, -0.25) is 4.99 Å². The first-order valence-corrected chi connectivity index (χ1v) is 7.01. The summed E-state index contributed by atoms with van der Waals surface area (Å²) in [6.45, 7) is 5.57. The average Bonchev–Trinajstić information content (AvgIpc) is 3.04. The van der Waals surface area contributed by atoms with E-state index in [0.717, 1.165) is 44.5 Å². The molecule has 2 aliphatic rings. The molecule has 106 valence electrons. The quantitative estimate of drug-likeness (QED) is 0.337. The maximum absolute atomic E-state index is 9.54. The molecule has 0 spiro atoms. The van der Waals surface area contributed by atoms with Crippen molar-refractivity contribution in [2.45, 2.75) is 45.1 Å². The fourth-order valence-electron chi connectivity index (χ4n) is 2.33. The van der Waals surface area contributed by atoms with Crippen LogP contribution in [0.1, 0.15) is 39.0 Å². The molecular weight excluding hydrogens is 341 g/mol. The van der Waals surface area contributed by atoms with Crippen LogP contribution in [0.5, 0.6) is 0 Å². The van der Waals surface area contributed by atoms with Crippen LogP contribution < -0.4 is 5.32 Å². The van der Waals surface area contributed by atoms with E-state index in [0.29, 0.717) is 0 Å². The predicted molar refractivity (Wildman–Crippen MR) is 85.5 cm³/mol. The monoisotopic (exact) mass is 367 g/mol. The summed E-state index contributed by atoms with van der Waals surface area (Å²) in [5, 5.41) is 12.9. The van der Waals surface area contributed by atoms with Gasteiger partial charge in [-0.25, -0.2) is 0 Å². The van der Waals surface area contributed by atoms with E-state index in [9.17, 15) is 5.11 Å².